The van der Waals surface area contributed by atoms with Crippen LogP contribution in [0.2, 0.25) is 0 Å². The smallest absolute Gasteiger partial charge is 0.309 e. The Morgan fingerprint density at radius 3 is 2.94 bits per heavy atom. The highest BCUT2D eigenvalue weighted by molar-refractivity contribution is 9.10. The number of aromatic nitrogens is 2. The van der Waals surface area contributed by atoms with Crippen molar-refractivity contribution in [2.45, 2.75) is 6.42 Å². The molecule has 0 aliphatic carbocycles. The molecule has 2 rings (SSSR count). The van der Waals surface area contributed by atoms with Gasteiger partial charge in [0.25, 0.3) is 0 Å². The average molecular weight is 301 g/mol. The van der Waals surface area contributed by atoms with Crippen LogP contribution in [0, 0.1) is 0 Å². The van der Waals surface area contributed by atoms with Crippen LogP contribution in [-0.4, -0.2) is 20.9 Å². The minimum absolute atomic E-state index is 0.00392. The molecule has 0 spiro atoms. The Hall–Kier alpha value is -1.14. The highest BCUT2D eigenvalue weighted by atomic mass is 79.9. The van der Waals surface area contributed by atoms with Crippen molar-refractivity contribution in [1.29, 1.82) is 0 Å². The fourth-order valence-electron chi connectivity index (χ4n) is 1.39. The number of carboxylic acids is 1. The van der Waals surface area contributed by atoms with Gasteiger partial charge in [-0.1, -0.05) is 0 Å². The minimum atomic E-state index is -0.845. The zero-order chi connectivity index (χ0) is 11.7. The molecular formula is C10H9BrN2O2S. The number of nitrogens with zero attached hydrogens (tertiary/aromatic N) is 2. The van der Waals surface area contributed by atoms with Gasteiger partial charge in [0.15, 0.2) is 0 Å². The Morgan fingerprint density at radius 2 is 2.38 bits per heavy atom. The lowest BCUT2D eigenvalue weighted by molar-refractivity contribution is -0.136. The average Bonchev–Trinajstić information content (AvgIpc) is 2.74. The van der Waals surface area contributed by atoms with Crippen LogP contribution in [0.1, 0.15) is 5.69 Å². The quantitative estimate of drug-likeness (QED) is 0.948. The topological polar surface area (TPSA) is 55.1 Å². The SMILES string of the molecule is Cn1nc(-c2cc(Br)cs2)cc1CC(=O)O. The van der Waals surface area contributed by atoms with Gasteiger partial charge < -0.3 is 5.11 Å². The van der Waals surface area contributed by atoms with E-state index >= 15 is 0 Å². The van der Waals surface area contributed by atoms with Crippen molar-refractivity contribution in [3.05, 3.63) is 27.7 Å². The van der Waals surface area contributed by atoms with E-state index in [0.29, 0.717) is 5.69 Å². The summed E-state index contributed by atoms with van der Waals surface area (Å²) in [4.78, 5) is 11.7. The number of rotatable bonds is 3. The number of carbonyl (C=O) groups is 1. The Labute approximate surface area is 105 Å². The minimum Gasteiger partial charge on any atom is -0.481 e. The highest BCUT2D eigenvalue weighted by Crippen LogP contribution is 2.29. The summed E-state index contributed by atoms with van der Waals surface area (Å²) in [7, 11) is 1.75. The fraction of sp³-hybridized carbons (Fsp3) is 0.200. The van der Waals surface area contributed by atoms with Crippen LogP contribution in [0.4, 0.5) is 0 Å². The lowest BCUT2D eigenvalue weighted by atomic mass is 10.2. The molecule has 0 bridgehead atoms. The third kappa shape index (κ3) is 2.33. The van der Waals surface area contributed by atoms with Crippen LogP contribution >= 0.6 is 27.3 Å². The number of halogens is 1. The van der Waals surface area contributed by atoms with Crippen LogP contribution in [0.3, 0.4) is 0 Å². The van der Waals surface area contributed by atoms with E-state index in [0.717, 1.165) is 15.0 Å². The van der Waals surface area contributed by atoms with Crippen molar-refractivity contribution in [2.75, 3.05) is 0 Å². The second kappa shape index (κ2) is 4.39. The summed E-state index contributed by atoms with van der Waals surface area (Å²) in [5.41, 5.74) is 1.52. The van der Waals surface area contributed by atoms with Gasteiger partial charge in [-0.2, -0.15) is 5.10 Å². The maximum Gasteiger partial charge on any atom is 0.309 e. The van der Waals surface area contributed by atoms with Crippen LogP contribution < -0.4 is 0 Å². The predicted molar refractivity (Wildman–Crippen MR) is 65.6 cm³/mol. The van der Waals surface area contributed by atoms with Gasteiger partial charge in [-0.3, -0.25) is 9.48 Å². The molecule has 2 heterocycles. The maximum atomic E-state index is 10.6. The molecule has 0 aliphatic heterocycles. The van der Waals surface area contributed by atoms with Gasteiger partial charge in [0, 0.05) is 22.6 Å². The van der Waals surface area contributed by atoms with Crippen molar-refractivity contribution in [3.63, 3.8) is 0 Å². The van der Waals surface area contributed by atoms with Gasteiger partial charge in [0.05, 0.1) is 11.3 Å². The van der Waals surface area contributed by atoms with Gasteiger partial charge in [0.1, 0.15) is 5.69 Å². The monoisotopic (exact) mass is 300 g/mol. The normalized spacial score (nSPS) is 10.6. The molecule has 16 heavy (non-hydrogen) atoms. The van der Waals surface area contributed by atoms with Crippen LogP contribution in [0.15, 0.2) is 22.0 Å². The van der Waals surface area contributed by atoms with E-state index < -0.39 is 5.97 Å². The van der Waals surface area contributed by atoms with Crippen LogP contribution in [0.5, 0.6) is 0 Å². The molecule has 0 saturated carbocycles. The summed E-state index contributed by atoms with van der Waals surface area (Å²) < 4.78 is 2.62. The van der Waals surface area contributed by atoms with E-state index in [1.165, 1.54) is 0 Å². The van der Waals surface area contributed by atoms with Crippen molar-refractivity contribution >= 4 is 33.2 Å². The summed E-state index contributed by atoms with van der Waals surface area (Å²) in [6.07, 6.45) is -0.00392. The fourth-order valence-corrected chi connectivity index (χ4v) is 2.78. The largest absolute Gasteiger partial charge is 0.481 e. The zero-order valence-electron chi connectivity index (χ0n) is 8.48. The summed E-state index contributed by atoms with van der Waals surface area (Å²) in [5, 5.41) is 15.0. The first kappa shape index (κ1) is 11.3. The lowest BCUT2D eigenvalue weighted by Crippen LogP contribution is -2.05. The molecule has 0 saturated heterocycles. The van der Waals surface area contributed by atoms with E-state index in [-0.39, 0.29) is 6.42 Å². The van der Waals surface area contributed by atoms with Crippen molar-refractivity contribution in [1.82, 2.24) is 9.78 Å². The molecule has 1 N–H and O–H groups in total. The first-order valence-electron chi connectivity index (χ1n) is 4.55. The first-order valence-corrected chi connectivity index (χ1v) is 6.22. The van der Waals surface area contributed by atoms with E-state index in [2.05, 4.69) is 21.0 Å². The van der Waals surface area contributed by atoms with Crippen molar-refractivity contribution in [2.24, 2.45) is 7.05 Å². The number of aryl methyl sites for hydroxylation is 1. The molecule has 4 nitrogen and oxygen atoms in total. The summed E-state index contributed by atoms with van der Waals surface area (Å²) >= 11 is 4.95. The molecule has 0 atom stereocenters. The van der Waals surface area contributed by atoms with Gasteiger partial charge in [-0.25, -0.2) is 0 Å². The van der Waals surface area contributed by atoms with E-state index in [4.69, 9.17) is 5.11 Å². The Kier molecular flexibility index (Phi) is 3.11. The number of thiophene rings is 1. The number of hydrogen-bond donors (Lipinski definition) is 1. The molecule has 0 fully saturated rings. The molecule has 2 aromatic rings. The molecule has 0 unspecified atom stereocenters. The predicted octanol–water partition coefficient (Wildman–Crippen LogP) is 2.54. The Morgan fingerprint density at radius 1 is 1.62 bits per heavy atom. The Balaban J connectivity index is 2.33. The zero-order valence-corrected chi connectivity index (χ0v) is 10.9. The van der Waals surface area contributed by atoms with Gasteiger partial charge >= 0.3 is 5.97 Å². The van der Waals surface area contributed by atoms with Crippen molar-refractivity contribution < 1.29 is 9.90 Å². The molecule has 0 amide bonds. The molecule has 6 heteroatoms. The van der Waals surface area contributed by atoms with E-state index in [1.807, 2.05) is 17.5 Å². The maximum absolute atomic E-state index is 10.6. The molecule has 0 aromatic carbocycles. The summed E-state index contributed by atoms with van der Waals surface area (Å²) in [6, 6.07) is 3.78. The van der Waals surface area contributed by atoms with Crippen LogP contribution in [0.25, 0.3) is 10.6 Å². The van der Waals surface area contributed by atoms with Gasteiger partial charge in [-0.05, 0) is 28.1 Å². The molecule has 0 radical (unpaired) electrons. The Bertz CT molecular complexity index is 533. The van der Waals surface area contributed by atoms with Crippen molar-refractivity contribution in [3.8, 4) is 10.6 Å². The molecule has 2 aromatic heterocycles. The first-order chi connectivity index (χ1) is 7.56. The second-order valence-corrected chi connectivity index (χ2v) is 5.17. The lowest BCUT2D eigenvalue weighted by Gasteiger charge is -1.94. The molecular weight excluding hydrogens is 292 g/mol. The van der Waals surface area contributed by atoms with Gasteiger partial charge in [0.2, 0.25) is 0 Å². The number of aliphatic carboxylic acids is 1. The van der Waals surface area contributed by atoms with Crippen LogP contribution in [-0.2, 0) is 18.3 Å². The number of hydrogen-bond acceptors (Lipinski definition) is 3. The van der Waals surface area contributed by atoms with E-state index in [9.17, 15) is 4.79 Å². The highest BCUT2D eigenvalue weighted by Gasteiger charge is 2.11. The second-order valence-electron chi connectivity index (χ2n) is 3.34. The summed E-state index contributed by atoms with van der Waals surface area (Å²) in [6.45, 7) is 0. The molecule has 0 aliphatic rings. The van der Waals surface area contributed by atoms with Gasteiger partial charge in [-0.15, -0.1) is 11.3 Å². The third-order valence-electron chi connectivity index (χ3n) is 2.13. The molecule has 84 valence electrons. The standard InChI is InChI=1S/C10H9BrN2O2S/c1-13-7(4-10(14)15)3-8(12-13)9-2-6(11)5-16-9/h2-3,5H,4H2,1H3,(H,14,15). The number of carboxylic acid groups (broad SMARTS) is 1. The van der Waals surface area contributed by atoms with E-state index in [1.54, 1.807) is 23.1 Å². The third-order valence-corrected chi connectivity index (χ3v) is 3.84. The summed E-state index contributed by atoms with van der Waals surface area (Å²) in [5.74, 6) is -0.845.